The van der Waals surface area contributed by atoms with E-state index in [1.54, 1.807) is 6.92 Å². The Labute approximate surface area is 220 Å². The van der Waals surface area contributed by atoms with E-state index in [0.29, 0.717) is 5.56 Å². The summed E-state index contributed by atoms with van der Waals surface area (Å²) in [5.74, 6) is -5.16. The molecule has 1 aromatic rings. The Morgan fingerprint density at radius 1 is 0.947 bits per heavy atom. The Hall–Kier alpha value is -3.48. The van der Waals surface area contributed by atoms with Crippen molar-refractivity contribution in [2.75, 3.05) is 7.05 Å². The molecule has 0 saturated carbocycles. The molecule has 14 nitrogen and oxygen atoms in total. The molecule has 5 amide bonds. The SMILES string of the molecule is CNC(=O)C[C@@H](Cc1ccc(OP(=O)(O)O)cc1)C(=O)N[C@H](C(=O)N[C@@H](CC(N)=O)C(N)=O)C(C)C(C)C. The highest BCUT2D eigenvalue weighted by Gasteiger charge is 2.34. The molecule has 1 aromatic carbocycles. The van der Waals surface area contributed by atoms with Crippen molar-refractivity contribution in [1.29, 1.82) is 0 Å². The van der Waals surface area contributed by atoms with Crippen molar-refractivity contribution in [3.8, 4) is 5.75 Å². The number of hydrogen-bond acceptors (Lipinski definition) is 7. The largest absolute Gasteiger partial charge is 0.524 e. The molecule has 1 unspecified atom stereocenters. The fourth-order valence-electron chi connectivity index (χ4n) is 3.47. The first kappa shape index (κ1) is 32.5. The summed E-state index contributed by atoms with van der Waals surface area (Å²) in [7, 11) is -3.34. The van der Waals surface area contributed by atoms with Gasteiger partial charge in [-0.2, -0.15) is 0 Å². The van der Waals surface area contributed by atoms with Gasteiger partial charge < -0.3 is 31.9 Å². The molecule has 212 valence electrons. The lowest BCUT2D eigenvalue weighted by Crippen LogP contribution is -2.57. The Bertz CT molecular complexity index is 1060. The molecule has 0 aliphatic rings. The Morgan fingerprint density at radius 3 is 1.97 bits per heavy atom. The first-order valence-electron chi connectivity index (χ1n) is 11.8. The van der Waals surface area contributed by atoms with Crippen LogP contribution < -0.4 is 31.9 Å². The van der Waals surface area contributed by atoms with E-state index in [0.717, 1.165) is 0 Å². The van der Waals surface area contributed by atoms with Crippen molar-refractivity contribution < 1.29 is 42.8 Å². The molecule has 0 radical (unpaired) electrons. The normalized spacial score (nSPS) is 14.5. The zero-order valence-corrected chi connectivity index (χ0v) is 22.6. The second kappa shape index (κ2) is 14.5. The second-order valence-electron chi connectivity index (χ2n) is 9.23. The van der Waals surface area contributed by atoms with Gasteiger partial charge in [-0.3, -0.25) is 33.8 Å². The van der Waals surface area contributed by atoms with E-state index in [-0.39, 0.29) is 24.5 Å². The average molecular weight is 558 g/mol. The minimum Gasteiger partial charge on any atom is -0.404 e. The van der Waals surface area contributed by atoms with E-state index in [4.69, 9.17) is 21.3 Å². The number of phosphoric ester groups is 1. The van der Waals surface area contributed by atoms with Gasteiger partial charge in [0.15, 0.2) is 0 Å². The molecule has 0 aromatic heterocycles. The van der Waals surface area contributed by atoms with Gasteiger partial charge in [0.05, 0.1) is 12.3 Å². The van der Waals surface area contributed by atoms with Crippen LogP contribution in [0.25, 0.3) is 0 Å². The lowest BCUT2D eigenvalue weighted by molar-refractivity contribution is -0.136. The molecule has 9 N–H and O–H groups in total. The third kappa shape index (κ3) is 11.3. The molecule has 0 aliphatic heterocycles. The van der Waals surface area contributed by atoms with Gasteiger partial charge in [0.25, 0.3) is 0 Å². The van der Waals surface area contributed by atoms with E-state index < -0.39 is 67.7 Å². The van der Waals surface area contributed by atoms with Crippen LogP contribution in [-0.2, 0) is 35.0 Å². The van der Waals surface area contributed by atoms with Crippen LogP contribution in [0.2, 0.25) is 0 Å². The van der Waals surface area contributed by atoms with Crippen molar-refractivity contribution >= 4 is 37.4 Å². The molecule has 38 heavy (non-hydrogen) atoms. The maximum Gasteiger partial charge on any atom is 0.524 e. The van der Waals surface area contributed by atoms with E-state index in [1.165, 1.54) is 31.3 Å². The highest BCUT2D eigenvalue weighted by molar-refractivity contribution is 7.46. The quantitative estimate of drug-likeness (QED) is 0.132. The predicted octanol–water partition coefficient (Wildman–Crippen LogP) is -0.925. The van der Waals surface area contributed by atoms with Gasteiger partial charge in [-0.15, -0.1) is 0 Å². The van der Waals surface area contributed by atoms with Crippen LogP contribution in [0.5, 0.6) is 5.75 Å². The maximum atomic E-state index is 13.3. The Morgan fingerprint density at radius 2 is 1.53 bits per heavy atom. The van der Waals surface area contributed by atoms with Crippen LogP contribution in [0.3, 0.4) is 0 Å². The van der Waals surface area contributed by atoms with Crippen LogP contribution in [-0.4, -0.2) is 58.5 Å². The van der Waals surface area contributed by atoms with Gasteiger partial charge in [-0.25, -0.2) is 4.57 Å². The lowest BCUT2D eigenvalue weighted by atomic mass is 9.88. The van der Waals surface area contributed by atoms with Gasteiger partial charge in [-0.05, 0) is 36.0 Å². The first-order valence-corrected chi connectivity index (χ1v) is 13.3. The number of rotatable bonds is 15. The van der Waals surface area contributed by atoms with Crippen LogP contribution in [0.15, 0.2) is 24.3 Å². The van der Waals surface area contributed by atoms with Gasteiger partial charge in [0.2, 0.25) is 29.5 Å². The number of benzene rings is 1. The minimum absolute atomic E-state index is 0.0471. The summed E-state index contributed by atoms with van der Waals surface area (Å²) in [6.07, 6.45) is -0.691. The summed E-state index contributed by atoms with van der Waals surface area (Å²) < 4.78 is 15.5. The molecule has 0 saturated heterocycles. The van der Waals surface area contributed by atoms with Gasteiger partial charge in [0, 0.05) is 13.5 Å². The van der Waals surface area contributed by atoms with Crippen molar-refractivity contribution in [3.05, 3.63) is 29.8 Å². The zero-order chi connectivity index (χ0) is 29.2. The number of nitrogens with one attached hydrogen (secondary N) is 3. The molecule has 4 atom stereocenters. The number of carbonyl (C=O) groups is 5. The van der Waals surface area contributed by atoms with Crippen LogP contribution in [0.4, 0.5) is 0 Å². The minimum atomic E-state index is -4.75. The molecule has 0 heterocycles. The topological polar surface area (TPSA) is 240 Å². The highest BCUT2D eigenvalue weighted by atomic mass is 31.2. The number of phosphoric acid groups is 1. The van der Waals surface area contributed by atoms with E-state index in [1.807, 2.05) is 13.8 Å². The monoisotopic (exact) mass is 557 g/mol. The second-order valence-corrected chi connectivity index (χ2v) is 10.4. The van der Waals surface area contributed by atoms with Crippen molar-refractivity contribution in [3.63, 3.8) is 0 Å². The summed E-state index contributed by atoms with van der Waals surface area (Å²) in [6, 6.07) is 3.08. The number of nitrogens with two attached hydrogens (primary N) is 2. The standard InChI is InChI=1S/C23H36N5O9P/c1-12(2)13(3)20(23(33)27-17(21(25)31)11-18(24)29)28-22(32)15(10-19(30)26-4)9-14-5-7-16(8-6-14)37-38(34,35)36/h5-8,12-13,15,17,20H,9-11H2,1-4H3,(H2,24,29)(H2,25,31)(H,26,30)(H,27,33)(H,28,32)(H2,34,35,36)/t13?,15-,17+,20+/m1/s1. The molecule has 0 spiro atoms. The summed E-state index contributed by atoms with van der Waals surface area (Å²) in [6.45, 7) is 5.38. The molecule has 15 heteroatoms. The maximum absolute atomic E-state index is 13.3. The number of primary amides is 2. The zero-order valence-electron chi connectivity index (χ0n) is 21.7. The first-order chi connectivity index (χ1) is 17.5. The van der Waals surface area contributed by atoms with Crippen molar-refractivity contribution in [1.82, 2.24) is 16.0 Å². The highest BCUT2D eigenvalue weighted by Crippen LogP contribution is 2.37. The number of carbonyl (C=O) groups excluding carboxylic acids is 5. The third-order valence-corrected chi connectivity index (χ3v) is 6.38. The lowest BCUT2D eigenvalue weighted by Gasteiger charge is -2.30. The van der Waals surface area contributed by atoms with Crippen LogP contribution in [0.1, 0.15) is 39.2 Å². The van der Waals surface area contributed by atoms with Crippen molar-refractivity contribution in [2.45, 2.75) is 52.1 Å². The molecule has 0 aliphatic carbocycles. The Kier molecular flexibility index (Phi) is 12.4. The van der Waals surface area contributed by atoms with Gasteiger partial charge in [0.1, 0.15) is 17.8 Å². The number of amides is 5. The van der Waals surface area contributed by atoms with Crippen LogP contribution in [0, 0.1) is 17.8 Å². The fraction of sp³-hybridized carbons (Fsp3) is 0.522. The summed E-state index contributed by atoms with van der Waals surface area (Å²) >= 11 is 0. The Balaban J connectivity index is 3.18. The molecule has 1 rings (SSSR count). The molecule has 0 fully saturated rings. The van der Waals surface area contributed by atoms with Crippen LogP contribution >= 0.6 is 7.82 Å². The molecular formula is C23H36N5O9P. The smallest absolute Gasteiger partial charge is 0.404 e. The van der Waals surface area contributed by atoms with E-state index in [9.17, 15) is 28.5 Å². The van der Waals surface area contributed by atoms with E-state index >= 15 is 0 Å². The fourth-order valence-corrected chi connectivity index (χ4v) is 3.87. The van der Waals surface area contributed by atoms with E-state index in [2.05, 4.69) is 20.5 Å². The molecule has 0 bridgehead atoms. The van der Waals surface area contributed by atoms with Gasteiger partial charge >= 0.3 is 7.82 Å². The summed E-state index contributed by atoms with van der Waals surface area (Å²) in [4.78, 5) is 79.4. The summed E-state index contributed by atoms with van der Waals surface area (Å²) in [5, 5.41) is 7.47. The average Bonchev–Trinajstić information content (AvgIpc) is 2.80. The van der Waals surface area contributed by atoms with Crippen molar-refractivity contribution in [2.24, 2.45) is 29.2 Å². The predicted molar refractivity (Wildman–Crippen MR) is 136 cm³/mol. The van der Waals surface area contributed by atoms with Gasteiger partial charge in [-0.1, -0.05) is 32.9 Å². The number of hydrogen-bond donors (Lipinski definition) is 7. The molecular weight excluding hydrogens is 521 g/mol. The summed E-state index contributed by atoms with van der Waals surface area (Å²) in [5.41, 5.74) is 11.0. The third-order valence-electron chi connectivity index (χ3n) is 5.93.